The van der Waals surface area contributed by atoms with E-state index in [1.807, 2.05) is 0 Å². The van der Waals surface area contributed by atoms with Crippen molar-refractivity contribution in [1.82, 2.24) is 9.97 Å². The molecule has 1 fully saturated rings. The molecule has 136 valence electrons. The van der Waals surface area contributed by atoms with E-state index in [-0.39, 0.29) is 15.0 Å². The van der Waals surface area contributed by atoms with Gasteiger partial charge in [-0.25, -0.2) is 27.5 Å². The standard InChI is InChI=1S/C6HF2IN2.C6H2F2N2.C4H8O/c7-3-2-11-4(1-10)5(8)6(3)9;7-4-1-5(8)6(2-9)10-3-4;1-2-4-5-3-1/h2H;1,3H;1-4H2. The number of halogens is 5. The van der Waals surface area contributed by atoms with Crippen molar-refractivity contribution in [3.63, 3.8) is 0 Å². The molecule has 0 bridgehead atoms. The van der Waals surface area contributed by atoms with Crippen molar-refractivity contribution in [3.05, 3.63) is 56.7 Å². The summed E-state index contributed by atoms with van der Waals surface area (Å²) in [6.07, 6.45) is 4.17. The van der Waals surface area contributed by atoms with E-state index < -0.39 is 23.3 Å². The van der Waals surface area contributed by atoms with Crippen molar-refractivity contribution in [3.8, 4) is 12.1 Å². The van der Waals surface area contributed by atoms with Crippen LogP contribution in [0.5, 0.6) is 0 Å². The second-order valence-electron chi connectivity index (χ2n) is 4.61. The first kappa shape index (κ1) is 21.7. The Balaban J connectivity index is 0.000000208. The topological polar surface area (TPSA) is 82.6 Å². The van der Waals surface area contributed by atoms with E-state index in [0.717, 1.165) is 25.6 Å². The molecular weight excluding hydrogens is 467 g/mol. The van der Waals surface area contributed by atoms with Crippen LogP contribution in [0.15, 0.2) is 18.5 Å². The largest absolute Gasteiger partial charge is 0.381 e. The Morgan fingerprint density at radius 3 is 1.96 bits per heavy atom. The highest BCUT2D eigenvalue weighted by atomic mass is 127. The fraction of sp³-hybridized carbons (Fsp3) is 0.250. The van der Waals surface area contributed by atoms with Crippen LogP contribution in [-0.2, 0) is 4.74 Å². The van der Waals surface area contributed by atoms with Gasteiger partial charge in [0.15, 0.2) is 28.8 Å². The van der Waals surface area contributed by atoms with Crippen molar-refractivity contribution in [2.24, 2.45) is 0 Å². The van der Waals surface area contributed by atoms with Crippen LogP contribution in [0, 0.1) is 49.5 Å². The van der Waals surface area contributed by atoms with E-state index in [1.165, 1.54) is 47.6 Å². The third-order valence-electron chi connectivity index (χ3n) is 2.76. The third-order valence-corrected chi connectivity index (χ3v) is 3.75. The van der Waals surface area contributed by atoms with Crippen LogP contribution in [0.3, 0.4) is 0 Å². The van der Waals surface area contributed by atoms with Crippen molar-refractivity contribution in [2.45, 2.75) is 12.8 Å². The molecule has 1 aliphatic heterocycles. The lowest BCUT2D eigenvalue weighted by atomic mass is 10.3. The molecule has 2 aromatic heterocycles. The monoisotopic (exact) mass is 478 g/mol. The molecular formula is C16H11F4IN4O. The Labute approximate surface area is 160 Å². The molecule has 0 atom stereocenters. The fourth-order valence-corrected chi connectivity index (χ4v) is 1.92. The second kappa shape index (κ2) is 11.3. The summed E-state index contributed by atoms with van der Waals surface area (Å²) in [7, 11) is 0. The average molecular weight is 478 g/mol. The number of pyridine rings is 2. The second-order valence-corrected chi connectivity index (χ2v) is 5.69. The van der Waals surface area contributed by atoms with Crippen LogP contribution in [0.2, 0.25) is 0 Å². The smallest absolute Gasteiger partial charge is 0.177 e. The first-order valence-electron chi connectivity index (χ1n) is 7.09. The fourth-order valence-electron chi connectivity index (χ4n) is 1.53. The Kier molecular flexibility index (Phi) is 9.47. The normalized spacial score (nSPS) is 12.0. The SMILES string of the molecule is C1CCOC1.N#Cc1ncc(F)c(I)c1F.N#Cc1ncc(F)cc1F. The molecule has 0 aliphatic carbocycles. The minimum absolute atomic E-state index is 0.200. The van der Waals surface area contributed by atoms with Crippen LogP contribution in [0.1, 0.15) is 24.2 Å². The molecule has 3 heterocycles. The minimum Gasteiger partial charge on any atom is -0.381 e. The summed E-state index contributed by atoms with van der Waals surface area (Å²) in [6, 6.07) is 3.59. The molecule has 2 aromatic rings. The minimum atomic E-state index is -0.928. The number of nitrogens with zero attached hydrogens (tertiary/aromatic N) is 4. The van der Waals surface area contributed by atoms with Gasteiger partial charge < -0.3 is 4.74 Å². The lowest BCUT2D eigenvalue weighted by molar-refractivity contribution is 0.198. The molecule has 26 heavy (non-hydrogen) atoms. The molecule has 1 saturated heterocycles. The van der Waals surface area contributed by atoms with E-state index in [1.54, 1.807) is 0 Å². The van der Waals surface area contributed by atoms with Crippen molar-refractivity contribution < 1.29 is 22.3 Å². The summed E-state index contributed by atoms with van der Waals surface area (Å²) in [5, 5.41) is 16.4. The van der Waals surface area contributed by atoms with Crippen molar-refractivity contribution >= 4 is 22.6 Å². The number of nitriles is 2. The summed E-state index contributed by atoms with van der Waals surface area (Å²) in [5.74, 6) is -3.35. The van der Waals surface area contributed by atoms with Crippen LogP contribution < -0.4 is 0 Å². The molecule has 10 heteroatoms. The number of aromatic nitrogens is 2. The van der Waals surface area contributed by atoms with Crippen molar-refractivity contribution in [2.75, 3.05) is 13.2 Å². The predicted molar refractivity (Wildman–Crippen MR) is 90.5 cm³/mol. The number of ether oxygens (including phenoxy) is 1. The first-order valence-corrected chi connectivity index (χ1v) is 8.17. The summed E-state index contributed by atoms with van der Waals surface area (Å²) in [5.41, 5.74) is -0.766. The molecule has 0 spiro atoms. The Bertz CT molecular complexity index is 825. The molecule has 3 rings (SSSR count). The highest BCUT2D eigenvalue weighted by Gasteiger charge is 2.11. The van der Waals surface area contributed by atoms with Gasteiger partial charge in [-0.05, 0) is 35.4 Å². The highest BCUT2D eigenvalue weighted by Crippen LogP contribution is 2.15. The van der Waals surface area contributed by atoms with Crippen LogP contribution in [-0.4, -0.2) is 23.2 Å². The lowest BCUT2D eigenvalue weighted by Crippen LogP contribution is -1.95. The van der Waals surface area contributed by atoms with Gasteiger partial charge in [0.1, 0.15) is 18.0 Å². The van der Waals surface area contributed by atoms with E-state index in [2.05, 4.69) is 9.97 Å². The molecule has 0 aromatic carbocycles. The van der Waals surface area contributed by atoms with Gasteiger partial charge in [0.25, 0.3) is 0 Å². The number of hydrogen-bond acceptors (Lipinski definition) is 5. The highest BCUT2D eigenvalue weighted by molar-refractivity contribution is 14.1. The third kappa shape index (κ3) is 6.90. The van der Waals surface area contributed by atoms with Gasteiger partial charge in [-0.1, -0.05) is 0 Å². The predicted octanol–water partition coefficient (Wildman–Crippen LogP) is 3.86. The Hall–Kier alpha value is -2.31. The summed E-state index contributed by atoms with van der Waals surface area (Å²) >= 11 is 1.48. The summed E-state index contributed by atoms with van der Waals surface area (Å²) in [4.78, 5) is 6.43. The van der Waals surface area contributed by atoms with E-state index in [4.69, 9.17) is 15.3 Å². The van der Waals surface area contributed by atoms with Crippen LogP contribution in [0.4, 0.5) is 17.6 Å². The average Bonchev–Trinajstić information content (AvgIpc) is 3.21. The van der Waals surface area contributed by atoms with Gasteiger partial charge in [-0.2, -0.15) is 10.5 Å². The number of rotatable bonds is 0. The van der Waals surface area contributed by atoms with Gasteiger partial charge in [-0.3, -0.25) is 0 Å². The molecule has 0 amide bonds. The first-order chi connectivity index (χ1) is 12.4. The summed E-state index contributed by atoms with van der Waals surface area (Å²) in [6.45, 7) is 2.00. The zero-order chi connectivity index (χ0) is 19.5. The quantitative estimate of drug-likeness (QED) is 0.425. The zero-order valence-corrected chi connectivity index (χ0v) is 15.3. The van der Waals surface area contributed by atoms with Gasteiger partial charge >= 0.3 is 0 Å². The molecule has 1 aliphatic rings. The lowest BCUT2D eigenvalue weighted by Gasteiger charge is -1.95. The Morgan fingerprint density at radius 2 is 1.50 bits per heavy atom. The van der Waals surface area contributed by atoms with Gasteiger partial charge in [0.05, 0.1) is 16.0 Å². The van der Waals surface area contributed by atoms with E-state index in [9.17, 15) is 17.6 Å². The summed E-state index contributed by atoms with van der Waals surface area (Å²) < 4.78 is 54.3. The molecule has 0 saturated carbocycles. The maximum atomic E-state index is 12.7. The molecule has 0 radical (unpaired) electrons. The van der Waals surface area contributed by atoms with E-state index in [0.29, 0.717) is 6.07 Å². The molecule has 5 nitrogen and oxygen atoms in total. The maximum absolute atomic E-state index is 12.7. The maximum Gasteiger partial charge on any atom is 0.177 e. The van der Waals surface area contributed by atoms with Crippen LogP contribution in [0.25, 0.3) is 0 Å². The molecule has 0 N–H and O–H groups in total. The number of hydrogen-bond donors (Lipinski definition) is 0. The van der Waals surface area contributed by atoms with Crippen LogP contribution >= 0.6 is 22.6 Å². The van der Waals surface area contributed by atoms with Gasteiger partial charge in [0.2, 0.25) is 0 Å². The van der Waals surface area contributed by atoms with E-state index >= 15 is 0 Å². The van der Waals surface area contributed by atoms with Gasteiger partial charge in [0, 0.05) is 19.3 Å². The molecule has 0 unspecified atom stereocenters. The Morgan fingerprint density at radius 1 is 0.923 bits per heavy atom. The zero-order valence-electron chi connectivity index (χ0n) is 13.1. The van der Waals surface area contributed by atoms with Gasteiger partial charge in [-0.15, -0.1) is 0 Å². The van der Waals surface area contributed by atoms with Crippen molar-refractivity contribution in [1.29, 1.82) is 10.5 Å².